The second kappa shape index (κ2) is 5.55. The maximum atomic E-state index is 12.1. The number of nitrogens with zero attached hydrogens (tertiary/aromatic N) is 2. The fourth-order valence-corrected chi connectivity index (χ4v) is 1.21. The van der Waals surface area contributed by atoms with Crippen molar-refractivity contribution in [2.75, 3.05) is 17.3 Å². The van der Waals surface area contributed by atoms with Gasteiger partial charge in [-0.2, -0.15) is 0 Å². The Morgan fingerprint density at radius 3 is 2.44 bits per heavy atom. The van der Waals surface area contributed by atoms with Crippen molar-refractivity contribution in [3.63, 3.8) is 0 Å². The molecule has 0 radical (unpaired) electrons. The molecule has 1 rings (SSSR count). The SMILES string of the molecule is CCc1nc(NN)c(C)c(NCC(F)F)n1. The number of rotatable bonds is 5. The first kappa shape index (κ1) is 12.6. The molecule has 16 heavy (non-hydrogen) atoms. The lowest BCUT2D eigenvalue weighted by molar-refractivity contribution is 0.163. The molecule has 0 amide bonds. The van der Waals surface area contributed by atoms with Gasteiger partial charge >= 0.3 is 0 Å². The molecule has 90 valence electrons. The highest BCUT2D eigenvalue weighted by molar-refractivity contribution is 5.56. The molecule has 7 heteroatoms. The molecule has 0 aliphatic carbocycles. The van der Waals surface area contributed by atoms with Gasteiger partial charge in [0.2, 0.25) is 0 Å². The van der Waals surface area contributed by atoms with Crippen LogP contribution in [-0.4, -0.2) is 22.9 Å². The molecule has 0 bridgehead atoms. The fraction of sp³-hybridized carbons (Fsp3) is 0.556. The van der Waals surface area contributed by atoms with Crippen molar-refractivity contribution in [3.05, 3.63) is 11.4 Å². The van der Waals surface area contributed by atoms with E-state index < -0.39 is 13.0 Å². The Kier molecular flexibility index (Phi) is 4.36. The first-order valence-corrected chi connectivity index (χ1v) is 4.94. The van der Waals surface area contributed by atoms with Crippen molar-refractivity contribution in [1.82, 2.24) is 9.97 Å². The van der Waals surface area contributed by atoms with Crippen LogP contribution in [0.15, 0.2) is 0 Å². The average molecular weight is 231 g/mol. The normalized spacial score (nSPS) is 10.6. The molecule has 0 aromatic carbocycles. The van der Waals surface area contributed by atoms with Crippen molar-refractivity contribution < 1.29 is 8.78 Å². The van der Waals surface area contributed by atoms with Crippen LogP contribution in [-0.2, 0) is 6.42 Å². The molecular weight excluding hydrogens is 216 g/mol. The maximum absolute atomic E-state index is 12.1. The van der Waals surface area contributed by atoms with Gasteiger partial charge in [0.1, 0.15) is 17.5 Å². The quantitative estimate of drug-likeness (QED) is 0.526. The molecule has 1 heterocycles. The van der Waals surface area contributed by atoms with Gasteiger partial charge in [-0.1, -0.05) is 6.92 Å². The van der Waals surface area contributed by atoms with E-state index in [1.165, 1.54) is 0 Å². The van der Waals surface area contributed by atoms with Gasteiger partial charge in [0.05, 0.1) is 6.54 Å². The van der Waals surface area contributed by atoms with E-state index in [9.17, 15) is 8.78 Å². The number of nitrogens with one attached hydrogen (secondary N) is 2. The van der Waals surface area contributed by atoms with Gasteiger partial charge in [-0.05, 0) is 6.92 Å². The molecule has 0 aliphatic heterocycles. The minimum absolute atomic E-state index is 0.389. The zero-order chi connectivity index (χ0) is 12.1. The summed E-state index contributed by atoms with van der Waals surface area (Å²) in [7, 11) is 0. The number of nitrogen functional groups attached to an aromatic ring is 1. The lowest BCUT2D eigenvalue weighted by Crippen LogP contribution is -2.17. The predicted octanol–water partition coefficient (Wildman–Crippen LogP) is 1.31. The summed E-state index contributed by atoms with van der Waals surface area (Å²) >= 11 is 0. The summed E-state index contributed by atoms with van der Waals surface area (Å²) in [5.41, 5.74) is 3.04. The molecule has 5 nitrogen and oxygen atoms in total. The molecule has 0 spiro atoms. The van der Waals surface area contributed by atoms with Crippen molar-refractivity contribution in [2.24, 2.45) is 5.84 Å². The van der Waals surface area contributed by atoms with Crippen molar-refractivity contribution in [1.29, 1.82) is 0 Å². The second-order valence-electron chi connectivity index (χ2n) is 3.23. The summed E-state index contributed by atoms with van der Waals surface area (Å²) in [5, 5.41) is 2.57. The first-order chi connectivity index (χ1) is 7.58. The Hall–Kier alpha value is -1.50. The summed E-state index contributed by atoms with van der Waals surface area (Å²) in [4.78, 5) is 8.24. The minimum atomic E-state index is -2.42. The number of aryl methyl sites for hydroxylation is 1. The number of anilines is 2. The highest BCUT2D eigenvalue weighted by atomic mass is 19.3. The first-order valence-electron chi connectivity index (χ1n) is 4.94. The molecule has 0 saturated carbocycles. The van der Waals surface area contributed by atoms with E-state index in [2.05, 4.69) is 20.7 Å². The number of aromatic nitrogens is 2. The van der Waals surface area contributed by atoms with Crippen LogP contribution in [0.4, 0.5) is 20.4 Å². The van der Waals surface area contributed by atoms with Crippen LogP contribution < -0.4 is 16.6 Å². The molecule has 1 aromatic heterocycles. The van der Waals surface area contributed by atoms with E-state index in [4.69, 9.17) is 5.84 Å². The zero-order valence-electron chi connectivity index (χ0n) is 9.22. The number of alkyl halides is 2. The van der Waals surface area contributed by atoms with Gasteiger partial charge in [-0.15, -0.1) is 0 Å². The second-order valence-corrected chi connectivity index (χ2v) is 3.23. The standard InChI is InChI=1S/C9H15F2N5/c1-3-7-14-8(13-4-6(10)11)5(2)9(15-7)16-12/h6H,3-4,12H2,1-2H3,(H2,13,14,15,16). The number of hydrogen-bond donors (Lipinski definition) is 3. The summed E-state index contributed by atoms with van der Waals surface area (Å²) < 4.78 is 24.1. The third-order valence-corrected chi connectivity index (χ3v) is 2.07. The van der Waals surface area contributed by atoms with Crippen LogP contribution >= 0.6 is 0 Å². The fourth-order valence-electron chi connectivity index (χ4n) is 1.21. The van der Waals surface area contributed by atoms with E-state index in [1.807, 2.05) is 6.92 Å². The van der Waals surface area contributed by atoms with Crippen molar-refractivity contribution >= 4 is 11.6 Å². The van der Waals surface area contributed by atoms with Crippen LogP contribution in [0.25, 0.3) is 0 Å². The lowest BCUT2D eigenvalue weighted by Gasteiger charge is -2.12. The molecule has 4 N–H and O–H groups in total. The molecule has 0 fully saturated rings. The Balaban J connectivity index is 2.96. The molecule has 0 atom stereocenters. The smallest absolute Gasteiger partial charge is 0.255 e. The molecule has 0 saturated heterocycles. The Bertz CT molecular complexity index is 356. The third-order valence-electron chi connectivity index (χ3n) is 2.07. The van der Waals surface area contributed by atoms with Gasteiger partial charge in [-0.25, -0.2) is 24.6 Å². The van der Waals surface area contributed by atoms with Crippen LogP contribution in [0, 0.1) is 6.92 Å². The number of nitrogens with two attached hydrogens (primary N) is 1. The minimum Gasteiger partial charge on any atom is -0.364 e. The third kappa shape index (κ3) is 2.99. The van der Waals surface area contributed by atoms with Gasteiger partial charge in [0, 0.05) is 12.0 Å². The largest absolute Gasteiger partial charge is 0.364 e. The zero-order valence-corrected chi connectivity index (χ0v) is 9.22. The van der Waals surface area contributed by atoms with Crippen molar-refractivity contribution in [2.45, 2.75) is 26.7 Å². The topological polar surface area (TPSA) is 75.9 Å². The van der Waals surface area contributed by atoms with E-state index in [0.29, 0.717) is 29.4 Å². The van der Waals surface area contributed by atoms with Crippen LogP contribution in [0.3, 0.4) is 0 Å². The Morgan fingerprint density at radius 2 is 1.94 bits per heavy atom. The van der Waals surface area contributed by atoms with Crippen LogP contribution in [0.1, 0.15) is 18.3 Å². The number of halogens is 2. The van der Waals surface area contributed by atoms with E-state index in [1.54, 1.807) is 6.92 Å². The Morgan fingerprint density at radius 1 is 1.31 bits per heavy atom. The average Bonchev–Trinajstić information content (AvgIpc) is 2.27. The molecule has 1 aromatic rings. The van der Waals surface area contributed by atoms with Crippen LogP contribution in [0.5, 0.6) is 0 Å². The number of hydrogen-bond acceptors (Lipinski definition) is 5. The highest BCUT2D eigenvalue weighted by Crippen LogP contribution is 2.19. The Labute approximate surface area is 92.4 Å². The van der Waals surface area contributed by atoms with Crippen LogP contribution in [0.2, 0.25) is 0 Å². The van der Waals surface area contributed by atoms with Gasteiger partial charge in [0.25, 0.3) is 6.43 Å². The van der Waals surface area contributed by atoms with E-state index >= 15 is 0 Å². The van der Waals surface area contributed by atoms with E-state index in [-0.39, 0.29) is 0 Å². The van der Waals surface area contributed by atoms with Crippen molar-refractivity contribution in [3.8, 4) is 0 Å². The lowest BCUT2D eigenvalue weighted by atomic mass is 10.3. The van der Waals surface area contributed by atoms with E-state index in [0.717, 1.165) is 0 Å². The van der Waals surface area contributed by atoms with Gasteiger partial charge in [-0.3, -0.25) is 0 Å². The summed E-state index contributed by atoms with van der Waals surface area (Å²) in [5.74, 6) is 6.67. The number of hydrazine groups is 1. The summed E-state index contributed by atoms with van der Waals surface area (Å²) in [6.45, 7) is 3.15. The molecular formula is C9H15F2N5. The summed E-state index contributed by atoms with van der Waals surface area (Å²) in [6.07, 6.45) is -1.81. The highest BCUT2D eigenvalue weighted by Gasteiger charge is 2.10. The van der Waals surface area contributed by atoms with Gasteiger partial charge < -0.3 is 10.7 Å². The summed E-state index contributed by atoms with van der Waals surface area (Å²) in [6, 6.07) is 0. The monoisotopic (exact) mass is 231 g/mol. The van der Waals surface area contributed by atoms with Gasteiger partial charge in [0.15, 0.2) is 0 Å². The predicted molar refractivity (Wildman–Crippen MR) is 58.5 cm³/mol. The maximum Gasteiger partial charge on any atom is 0.255 e. The molecule has 0 aliphatic rings. The molecule has 0 unspecified atom stereocenters.